The highest BCUT2D eigenvalue weighted by molar-refractivity contribution is 6.99. The molecule has 31 heavy (non-hydrogen) atoms. The van der Waals surface area contributed by atoms with Gasteiger partial charge in [-0.2, -0.15) is 0 Å². The van der Waals surface area contributed by atoms with Gasteiger partial charge >= 0.3 is 5.97 Å². The predicted octanol–water partition coefficient (Wildman–Crippen LogP) is 3.70. The molecule has 5 heteroatoms. The molecule has 2 aliphatic rings. The number of rotatable bonds is 7. The number of benzene rings is 2. The minimum Gasteiger partial charge on any atom is -0.466 e. The molecule has 0 aromatic heterocycles. The van der Waals surface area contributed by atoms with Gasteiger partial charge in [-0.05, 0) is 27.9 Å². The maximum absolute atomic E-state index is 12.1. The van der Waals surface area contributed by atoms with Crippen molar-refractivity contribution >= 4 is 24.7 Å². The summed E-state index contributed by atoms with van der Waals surface area (Å²) in [5.41, 5.74) is 0.959. The second kappa shape index (κ2) is 8.38. The molecule has 0 amide bonds. The van der Waals surface area contributed by atoms with Crippen molar-refractivity contribution in [3.05, 3.63) is 72.8 Å². The van der Waals surface area contributed by atoms with Crippen molar-refractivity contribution in [2.75, 3.05) is 13.2 Å². The minimum atomic E-state index is -2.62. The molecule has 0 unspecified atom stereocenters. The lowest BCUT2D eigenvalue weighted by Crippen LogP contribution is -2.67. The molecule has 2 aromatic rings. The molecule has 1 saturated heterocycles. The van der Waals surface area contributed by atoms with Crippen LogP contribution in [0, 0.1) is 11.8 Å². The van der Waals surface area contributed by atoms with Crippen LogP contribution in [0.2, 0.25) is 5.04 Å². The number of carbonyl (C=O) groups excluding carboxylic acids is 1. The van der Waals surface area contributed by atoms with Crippen molar-refractivity contribution in [1.29, 1.82) is 0 Å². The van der Waals surface area contributed by atoms with E-state index in [2.05, 4.69) is 75.9 Å². The van der Waals surface area contributed by atoms with Gasteiger partial charge in [0.1, 0.15) is 6.10 Å². The average molecular weight is 437 g/mol. The van der Waals surface area contributed by atoms with E-state index in [-0.39, 0.29) is 35.1 Å². The number of esters is 1. The van der Waals surface area contributed by atoms with Crippen LogP contribution >= 0.6 is 0 Å². The van der Waals surface area contributed by atoms with Crippen molar-refractivity contribution in [2.45, 2.75) is 44.9 Å². The Morgan fingerprint density at radius 3 is 2.00 bits per heavy atom. The first-order valence-electron chi connectivity index (χ1n) is 11.1. The lowest BCUT2D eigenvalue weighted by atomic mass is 10.1. The predicted molar refractivity (Wildman–Crippen MR) is 125 cm³/mol. The van der Waals surface area contributed by atoms with E-state index in [0.29, 0.717) is 13.2 Å². The van der Waals surface area contributed by atoms with Crippen LogP contribution < -0.4 is 10.4 Å². The summed E-state index contributed by atoms with van der Waals surface area (Å²) in [6.07, 6.45) is -0.304. The molecule has 1 aliphatic heterocycles. The van der Waals surface area contributed by atoms with Gasteiger partial charge in [0.2, 0.25) is 0 Å². The highest BCUT2D eigenvalue weighted by Crippen LogP contribution is 2.55. The Hall–Kier alpha value is -2.21. The van der Waals surface area contributed by atoms with E-state index < -0.39 is 8.32 Å². The molecule has 164 valence electrons. The van der Waals surface area contributed by atoms with Crippen molar-refractivity contribution < 1.29 is 18.7 Å². The monoisotopic (exact) mass is 436 g/mol. The van der Waals surface area contributed by atoms with Crippen LogP contribution in [0.3, 0.4) is 0 Å². The molecule has 0 N–H and O–H groups in total. The van der Waals surface area contributed by atoms with E-state index in [9.17, 15) is 4.79 Å². The Morgan fingerprint density at radius 2 is 1.58 bits per heavy atom. The van der Waals surface area contributed by atoms with E-state index in [1.54, 1.807) is 0 Å². The van der Waals surface area contributed by atoms with Gasteiger partial charge < -0.3 is 13.9 Å². The minimum absolute atomic E-state index is 0.0619. The summed E-state index contributed by atoms with van der Waals surface area (Å²) in [6, 6.07) is 21.2. The fraction of sp³-hybridized carbons (Fsp3) is 0.423. The van der Waals surface area contributed by atoms with E-state index >= 15 is 0 Å². The lowest BCUT2D eigenvalue weighted by Gasteiger charge is -2.43. The first-order chi connectivity index (χ1) is 14.8. The Kier molecular flexibility index (Phi) is 5.94. The van der Waals surface area contributed by atoms with E-state index in [4.69, 9.17) is 13.9 Å². The molecule has 1 aliphatic carbocycles. The van der Waals surface area contributed by atoms with Crippen molar-refractivity contribution in [1.82, 2.24) is 0 Å². The summed E-state index contributed by atoms with van der Waals surface area (Å²) in [7, 11) is -2.62. The van der Waals surface area contributed by atoms with Crippen LogP contribution in [0.4, 0.5) is 0 Å². The van der Waals surface area contributed by atoms with Gasteiger partial charge in [0.05, 0.1) is 25.2 Å². The van der Waals surface area contributed by atoms with Crippen LogP contribution in [0.5, 0.6) is 0 Å². The number of hydrogen-bond donors (Lipinski definition) is 0. The Bertz CT molecular complexity index is 895. The van der Waals surface area contributed by atoms with Gasteiger partial charge in [-0.15, -0.1) is 0 Å². The number of fused-ring (bicyclic) bond motifs is 1. The summed E-state index contributed by atoms with van der Waals surface area (Å²) < 4.78 is 18.3. The quantitative estimate of drug-likeness (QED) is 0.377. The zero-order valence-corrected chi connectivity index (χ0v) is 19.8. The molecular weight excluding hydrogens is 404 g/mol. The second-order valence-electron chi connectivity index (χ2n) is 9.44. The second-order valence-corrected chi connectivity index (χ2v) is 13.7. The van der Waals surface area contributed by atoms with Gasteiger partial charge in [0, 0.05) is 5.92 Å². The highest BCUT2D eigenvalue weighted by Gasteiger charge is 2.65. The molecule has 0 spiro atoms. The first kappa shape index (κ1) is 22.0. The third kappa shape index (κ3) is 3.79. The largest absolute Gasteiger partial charge is 0.466 e. The molecule has 4 atom stereocenters. The Morgan fingerprint density at radius 1 is 1.03 bits per heavy atom. The third-order valence-electron chi connectivity index (χ3n) is 6.54. The highest BCUT2D eigenvalue weighted by atomic mass is 28.4. The van der Waals surface area contributed by atoms with Gasteiger partial charge in [-0.25, -0.2) is 0 Å². The third-order valence-corrected chi connectivity index (χ3v) is 11.5. The lowest BCUT2D eigenvalue weighted by molar-refractivity contribution is -0.146. The fourth-order valence-corrected chi connectivity index (χ4v) is 9.57. The molecular formula is C26H32O4Si. The maximum Gasteiger partial charge on any atom is 0.312 e. The zero-order chi connectivity index (χ0) is 22.2. The topological polar surface area (TPSA) is 44.8 Å². The van der Waals surface area contributed by atoms with Gasteiger partial charge in [0.15, 0.2) is 0 Å². The van der Waals surface area contributed by atoms with E-state index in [0.717, 1.165) is 5.57 Å². The van der Waals surface area contributed by atoms with Crippen LogP contribution in [0.1, 0.15) is 27.7 Å². The molecule has 1 heterocycles. The summed E-state index contributed by atoms with van der Waals surface area (Å²) >= 11 is 0. The van der Waals surface area contributed by atoms with E-state index in [1.165, 1.54) is 10.4 Å². The molecule has 0 bridgehead atoms. The van der Waals surface area contributed by atoms with Crippen molar-refractivity contribution in [2.24, 2.45) is 11.8 Å². The summed E-state index contributed by atoms with van der Waals surface area (Å²) in [4.78, 5) is 12.1. The standard InChI is InChI=1S/C26H32O4Si/c1-6-28-25(27)23-22-18(2)21(30-24(22)23)17-29-31(26(3,4)5,19-13-9-7-10-14-19)20-15-11-8-12-16-20/h7-16,21-24H,2,6,17H2,1,3-5H3/t21-,22+,23+,24+/m1/s1. The molecule has 0 radical (unpaired) electrons. The van der Waals surface area contributed by atoms with Crippen LogP contribution in [-0.2, 0) is 18.7 Å². The molecule has 4 nitrogen and oxygen atoms in total. The Balaban J connectivity index is 1.59. The smallest absolute Gasteiger partial charge is 0.312 e. The number of hydrogen-bond acceptors (Lipinski definition) is 4. The maximum atomic E-state index is 12.1. The SMILES string of the molecule is C=C1[C@@H]2[C@H](O[C@@H]1CO[Si](c1ccccc1)(c1ccccc1)C(C)(C)C)[C@H]2C(=O)OCC. The molecule has 1 saturated carbocycles. The van der Waals surface area contributed by atoms with Crippen molar-refractivity contribution in [3.8, 4) is 0 Å². The normalized spacial score (nSPS) is 25.2. The van der Waals surface area contributed by atoms with Gasteiger partial charge in [-0.1, -0.05) is 88.0 Å². The Labute approximate surface area is 186 Å². The van der Waals surface area contributed by atoms with E-state index in [1.807, 2.05) is 19.1 Å². The first-order valence-corrected chi connectivity index (χ1v) is 13.0. The van der Waals surface area contributed by atoms with Crippen LogP contribution in [0.15, 0.2) is 72.8 Å². The van der Waals surface area contributed by atoms with Crippen LogP contribution in [0.25, 0.3) is 0 Å². The molecule has 4 rings (SSSR count). The van der Waals surface area contributed by atoms with Gasteiger partial charge in [-0.3, -0.25) is 4.79 Å². The zero-order valence-electron chi connectivity index (χ0n) is 18.8. The summed E-state index contributed by atoms with van der Waals surface area (Å²) in [5, 5.41) is 2.39. The molecule has 2 aromatic carbocycles. The summed E-state index contributed by atoms with van der Waals surface area (Å²) in [5.74, 6) is -0.312. The van der Waals surface area contributed by atoms with Gasteiger partial charge in [0.25, 0.3) is 8.32 Å². The molecule has 2 fully saturated rings. The summed E-state index contributed by atoms with van der Waals surface area (Å²) in [6.45, 7) is 13.7. The van der Waals surface area contributed by atoms with Crippen LogP contribution in [-0.4, -0.2) is 39.7 Å². The number of ether oxygens (including phenoxy) is 2. The number of carbonyl (C=O) groups is 1. The average Bonchev–Trinajstić information content (AvgIpc) is 3.38. The van der Waals surface area contributed by atoms with Crippen molar-refractivity contribution in [3.63, 3.8) is 0 Å². The fourth-order valence-electron chi connectivity index (χ4n) is 5.01.